The van der Waals surface area contributed by atoms with Crippen LogP contribution in [-0.4, -0.2) is 42.3 Å². The summed E-state index contributed by atoms with van der Waals surface area (Å²) in [4.78, 5) is 11.3. The Labute approximate surface area is 115 Å². The highest BCUT2D eigenvalue weighted by atomic mass is 16.5. The summed E-state index contributed by atoms with van der Waals surface area (Å²) >= 11 is 0. The molecule has 1 aliphatic heterocycles. The number of ether oxygens (including phenoxy) is 1. The molecular weight excluding hydrogens is 240 g/mol. The maximum absolute atomic E-state index is 6.05. The predicted octanol–water partition coefficient (Wildman–Crippen LogP) is 1.46. The van der Waals surface area contributed by atoms with E-state index in [9.17, 15) is 0 Å². The molecule has 0 unspecified atom stereocenters. The molecule has 1 aromatic heterocycles. The highest BCUT2D eigenvalue weighted by Crippen LogP contribution is 2.22. The van der Waals surface area contributed by atoms with Crippen LogP contribution in [0.15, 0.2) is 6.07 Å². The van der Waals surface area contributed by atoms with Crippen LogP contribution in [0.2, 0.25) is 0 Å². The second kappa shape index (κ2) is 5.84. The van der Waals surface area contributed by atoms with Crippen molar-refractivity contribution in [3.05, 3.63) is 17.6 Å². The average molecular weight is 264 g/mol. The molecule has 2 atom stereocenters. The standard InChI is InChI=1S/C14H24N4O/c1-9(2)12-7-14(17-10(3)16-12)18-6-5-11(15)13(8-18)19-4/h7,9,11,13H,5-6,8,15H2,1-4H3/t11-,13+/m1/s1. The third kappa shape index (κ3) is 3.22. The molecule has 0 aliphatic carbocycles. The molecule has 0 bridgehead atoms. The fourth-order valence-corrected chi connectivity index (χ4v) is 2.42. The van der Waals surface area contributed by atoms with Gasteiger partial charge in [-0.05, 0) is 19.3 Å². The molecule has 2 heterocycles. The number of nitrogens with two attached hydrogens (primary N) is 1. The van der Waals surface area contributed by atoms with Gasteiger partial charge in [0.15, 0.2) is 0 Å². The van der Waals surface area contributed by atoms with Gasteiger partial charge in [-0.3, -0.25) is 0 Å². The van der Waals surface area contributed by atoms with Gasteiger partial charge in [0.25, 0.3) is 0 Å². The predicted molar refractivity (Wildman–Crippen MR) is 76.5 cm³/mol. The molecule has 0 amide bonds. The lowest BCUT2D eigenvalue weighted by molar-refractivity contribution is 0.0728. The second-order valence-electron chi connectivity index (χ2n) is 5.53. The Kier molecular flexibility index (Phi) is 4.37. The van der Waals surface area contributed by atoms with E-state index in [0.29, 0.717) is 5.92 Å². The van der Waals surface area contributed by atoms with E-state index in [1.165, 1.54) is 0 Å². The zero-order valence-electron chi connectivity index (χ0n) is 12.3. The lowest BCUT2D eigenvalue weighted by Crippen LogP contribution is -2.51. The van der Waals surface area contributed by atoms with E-state index in [1.807, 2.05) is 6.92 Å². The van der Waals surface area contributed by atoms with Gasteiger partial charge in [-0.2, -0.15) is 0 Å². The van der Waals surface area contributed by atoms with Crippen molar-refractivity contribution >= 4 is 5.82 Å². The van der Waals surface area contributed by atoms with Crippen LogP contribution in [-0.2, 0) is 4.74 Å². The molecule has 106 valence electrons. The van der Waals surface area contributed by atoms with Crippen molar-refractivity contribution in [1.82, 2.24) is 9.97 Å². The van der Waals surface area contributed by atoms with Gasteiger partial charge in [0.1, 0.15) is 11.6 Å². The SMILES string of the molecule is CO[C@H]1CN(c2cc(C(C)C)nc(C)n2)CC[C@H]1N. The van der Waals surface area contributed by atoms with Crippen molar-refractivity contribution in [1.29, 1.82) is 0 Å². The quantitative estimate of drug-likeness (QED) is 0.895. The maximum Gasteiger partial charge on any atom is 0.132 e. The first kappa shape index (κ1) is 14.2. The molecule has 0 saturated carbocycles. The molecule has 5 nitrogen and oxygen atoms in total. The summed E-state index contributed by atoms with van der Waals surface area (Å²) in [6.07, 6.45) is 1.00. The first-order chi connectivity index (χ1) is 9.01. The number of hydrogen-bond acceptors (Lipinski definition) is 5. The normalized spacial score (nSPS) is 24.0. The Hall–Kier alpha value is -1.20. The Bertz CT molecular complexity index is 435. The van der Waals surface area contributed by atoms with E-state index in [4.69, 9.17) is 10.5 Å². The number of methoxy groups -OCH3 is 1. The van der Waals surface area contributed by atoms with Gasteiger partial charge < -0.3 is 15.4 Å². The summed E-state index contributed by atoms with van der Waals surface area (Å²) in [5.74, 6) is 2.22. The molecule has 1 aromatic rings. The minimum atomic E-state index is 0.0755. The molecule has 0 radical (unpaired) electrons. The largest absolute Gasteiger partial charge is 0.378 e. The minimum absolute atomic E-state index is 0.0755. The first-order valence-corrected chi connectivity index (χ1v) is 6.90. The fourth-order valence-electron chi connectivity index (χ4n) is 2.42. The van der Waals surface area contributed by atoms with Crippen LogP contribution in [0.3, 0.4) is 0 Å². The van der Waals surface area contributed by atoms with Crippen LogP contribution >= 0.6 is 0 Å². The van der Waals surface area contributed by atoms with Crippen molar-refractivity contribution in [3.63, 3.8) is 0 Å². The highest BCUT2D eigenvalue weighted by Gasteiger charge is 2.27. The van der Waals surface area contributed by atoms with Crippen LogP contribution in [0.1, 0.15) is 37.7 Å². The maximum atomic E-state index is 6.05. The van der Waals surface area contributed by atoms with Crippen molar-refractivity contribution in [2.45, 2.75) is 45.3 Å². The fraction of sp³-hybridized carbons (Fsp3) is 0.714. The van der Waals surface area contributed by atoms with Crippen molar-refractivity contribution < 1.29 is 4.74 Å². The molecule has 19 heavy (non-hydrogen) atoms. The Morgan fingerprint density at radius 1 is 1.42 bits per heavy atom. The van der Waals surface area contributed by atoms with E-state index in [2.05, 4.69) is 34.8 Å². The van der Waals surface area contributed by atoms with Gasteiger partial charge in [0, 0.05) is 38.0 Å². The van der Waals surface area contributed by atoms with Gasteiger partial charge >= 0.3 is 0 Å². The van der Waals surface area contributed by atoms with Crippen LogP contribution in [0.5, 0.6) is 0 Å². The highest BCUT2D eigenvalue weighted by molar-refractivity contribution is 5.41. The molecule has 1 fully saturated rings. The number of nitrogens with zero attached hydrogens (tertiary/aromatic N) is 3. The zero-order valence-corrected chi connectivity index (χ0v) is 12.3. The van der Waals surface area contributed by atoms with Crippen molar-refractivity contribution in [2.75, 3.05) is 25.1 Å². The number of aryl methyl sites for hydroxylation is 1. The van der Waals surface area contributed by atoms with Gasteiger partial charge in [-0.25, -0.2) is 9.97 Å². The third-order valence-corrected chi connectivity index (χ3v) is 3.67. The van der Waals surface area contributed by atoms with E-state index in [1.54, 1.807) is 7.11 Å². The molecular formula is C14H24N4O. The van der Waals surface area contributed by atoms with Crippen LogP contribution in [0.25, 0.3) is 0 Å². The summed E-state index contributed by atoms with van der Waals surface area (Å²) in [6.45, 7) is 7.96. The van der Waals surface area contributed by atoms with Crippen molar-refractivity contribution in [3.8, 4) is 0 Å². The molecule has 0 spiro atoms. The summed E-state index contributed by atoms with van der Waals surface area (Å²) < 4.78 is 5.45. The molecule has 2 N–H and O–H groups in total. The van der Waals surface area contributed by atoms with Gasteiger partial charge in [0.05, 0.1) is 6.10 Å². The summed E-state index contributed by atoms with van der Waals surface area (Å²) in [5.41, 5.74) is 7.14. The van der Waals surface area contributed by atoms with E-state index < -0.39 is 0 Å². The minimum Gasteiger partial charge on any atom is -0.378 e. The van der Waals surface area contributed by atoms with E-state index in [0.717, 1.165) is 36.8 Å². The van der Waals surface area contributed by atoms with Crippen molar-refractivity contribution in [2.24, 2.45) is 5.73 Å². The second-order valence-corrected chi connectivity index (χ2v) is 5.53. The monoisotopic (exact) mass is 264 g/mol. The van der Waals surface area contributed by atoms with Crippen LogP contribution in [0, 0.1) is 6.92 Å². The molecule has 1 saturated heterocycles. The smallest absolute Gasteiger partial charge is 0.132 e. The van der Waals surface area contributed by atoms with Gasteiger partial charge in [-0.15, -0.1) is 0 Å². The third-order valence-electron chi connectivity index (χ3n) is 3.67. The lowest BCUT2D eigenvalue weighted by atomic mass is 10.0. The van der Waals surface area contributed by atoms with E-state index in [-0.39, 0.29) is 12.1 Å². The number of aromatic nitrogens is 2. The summed E-state index contributed by atoms with van der Waals surface area (Å²) in [7, 11) is 1.72. The Morgan fingerprint density at radius 3 is 2.79 bits per heavy atom. The molecule has 0 aromatic carbocycles. The van der Waals surface area contributed by atoms with E-state index >= 15 is 0 Å². The summed E-state index contributed by atoms with van der Waals surface area (Å²) in [5, 5.41) is 0. The molecule has 2 rings (SSSR count). The number of anilines is 1. The zero-order chi connectivity index (χ0) is 14.0. The lowest BCUT2D eigenvalue weighted by Gasteiger charge is -2.36. The number of rotatable bonds is 3. The topological polar surface area (TPSA) is 64.3 Å². The van der Waals surface area contributed by atoms with Crippen LogP contribution < -0.4 is 10.6 Å². The average Bonchev–Trinajstić information content (AvgIpc) is 2.38. The number of piperidine rings is 1. The molecule has 5 heteroatoms. The van der Waals surface area contributed by atoms with Gasteiger partial charge in [-0.1, -0.05) is 13.8 Å². The van der Waals surface area contributed by atoms with Gasteiger partial charge in [0.2, 0.25) is 0 Å². The summed E-state index contributed by atoms with van der Waals surface area (Å²) in [6, 6.07) is 2.20. The molecule has 1 aliphatic rings. The Morgan fingerprint density at radius 2 is 2.16 bits per heavy atom. The van der Waals surface area contributed by atoms with Crippen LogP contribution in [0.4, 0.5) is 5.82 Å². The number of hydrogen-bond donors (Lipinski definition) is 1. The first-order valence-electron chi connectivity index (χ1n) is 6.90. The Balaban J connectivity index is 2.22.